The SMILES string of the molecule is FC(F)(F)c1nccc(-c2ccc3c(c2)OCO3)n1. The van der Waals surface area contributed by atoms with Gasteiger partial charge in [0.2, 0.25) is 12.6 Å². The van der Waals surface area contributed by atoms with Gasteiger partial charge < -0.3 is 9.47 Å². The molecule has 1 aromatic carbocycles. The number of fused-ring (bicyclic) bond motifs is 1. The number of nitrogens with zero attached hydrogens (tertiary/aromatic N) is 2. The van der Waals surface area contributed by atoms with Crippen LogP contribution in [0.5, 0.6) is 11.5 Å². The minimum absolute atomic E-state index is 0.108. The third-order valence-electron chi connectivity index (χ3n) is 2.58. The van der Waals surface area contributed by atoms with E-state index in [4.69, 9.17) is 9.47 Å². The number of aromatic nitrogens is 2. The Hall–Kier alpha value is -2.31. The first-order valence-electron chi connectivity index (χ1n) is 5.34. The number of alkyl halides is 3. The minimum Gasteiger partial charge on any atom is -0.454 e. The number of rotatable bonds is 1. The van der Waals surface area contributed by atoms with Gasteiger partial charge in [0.1, 0.15) is 0 Å². The molecule has 1 aliphatic rings. The molecule has 0 bridgehead atoms. The van der Waals surface area contributed by atoms with Crippen molar-refractivity contribution in [3.8, 4) is 22.8 Å². The fourth-order valence-electron chi connectivity index (χ4n) is 1.71. The second kappa shape index (κ2) is 4.11. The second-order valence-electron chi connectivity index (χ2n) is 3.83. The van der Waals surface area contributed by atoms with E-state index in [2.05, 4.69) is 9.97 Å². The molecule has 7 heteroatoms. The van der Waals surface area contributed by atoms with Crippen LogP contribution in [0.15, 0.2) is 30.5 Å². The average molecular weight is 268 g/mol. The molecular formula is C12H7F3N2O2. The smallest absolute Gasteiger partial charge is 0.451 e. The van der Waals surface area contributed by atoms with Crippen molar-refractivity contribution < 1.29 is 22.6 Å². The molecule has 0 unspecified atom stereocenters. The van der Waals surface area contributed by atoms with Crippen LogP contribution < -0.4 is 9.47 Å². The minimum atomic E-state index is -4.56. The van der Waals surface area contributed by atoms with Gasteiger partial charge in [-0.3, -0.25) is 0 Å². The molecule has 19 heavy (non-hydrogen) atoms. The summed E-state index contributed by atoms with van der Waals surface area (Å²) in [6, 6.07) is 6.25. The van der Waals surface area contributed by atoms with E-state index in [1.807, 2.05) is 0 Å². The first kappa shape index (κ1) is 11.8. The summed E-state index contributed by atoms with van der Waals surface area (Å²) in [7, 11) is 0. The van der Waals surface area contributed by atoms with Crippen LogP contribution in [0.4, 0.5) is 13.2 Å². The number of hydrogen-bond donors (Lipinski definition) is 0. The summed E-state index contributed by atoms with van der Waals surface area (Å²) >= 11 is 0. The maximum atomic E-state index is 12.5. The molecular weight excluding hydrogens is 261 g/mol. The highest BCUT2D eigenvalue weighted by atomic mass is 19.4. The third kappa shape index (κ3) is 2.18. The zero-order chi connectivity index (χ0) is 13.5. The highest BCUT2D eigenvalue weighted by Crippen LogP contribution is 2.36. The predicted molar refractivity (Wildman–Crippen MR) is 58.6 cm³/mol. The second-order valence-corrected chi connectivity index (χ2v) is 3.83. The lowest BCUT2D eigenvalue weighted by molar-refractivity contribution is -0.144. The number of benzene rings is 1. The van der Waals surface area contributed by atoms with Crippen molar-refractivity contribution in [3.05, 3.63) is 36.3 Å². The predicted octanol–water partition coefficient (Wildman–Crippen LogP) is 2.89. The van der Waals surface area contributed by atoms with Gasteiger partial charge in [0.15, 0.2) is 11.5 Å². The van der Waals surface area contributed by atoms with Gasteiger partial charge in [-0.05, 0) is 24.3 Å². The zero-order valence-electron chi connectivity index (χ0n) is 9.44. The molecule has 0 N–H and O–H groups in total. The molecule has 0 saturated heterocycles. The van der Waals surface area contributed by atoms with Gasteiger partial charge in [-0.15, -0.1) is 0 Å². The lowest BCUT2D eigenvalue weighted by Crippen LogP contribution is -2.10. The van der Waals surface area contributed by atoms with E-state index in [1.165, 1.54) is 6.07 Å². The highest BCUT2D eigenvalue weighted by molar-refractivity contribution is 5.64. The molecule has 2 heterocycles. The quantitative estimate of drug-likeness (QED) is 0.797. The van der Waals surface area contributed by atoms with Gasteiger partial charge in [-0.1, -0.05) is 0 Å². The number of ether oxygens (including phenoxy) is 2. The molecule has 1 aromatic heterocycles. The fourth-order valence-corrected chi connectivity index (χ4v) is 1.71. The van der Waals surface area contributed by atoms with Gasteiger partial charge in [-0.2, -0.15) is 13.2 Å². The molecule has 0 spiro atoms. The van der Waals surface area contributed by atoms with E-state index < -0.39 is 12.0 Å². The summed E-state index contributed by atoms with van der Waals surface area (Å²) in [6.07, 6.45) is -3.48. The van der Waals surface area contributed by atoms with Crippen LogP contribution in [0.25, 0.3) is 11.3 Å². The highest BCUT2D eigenvalue weighted by Gasteiger charge is 2.34. The fraction of sp³-hybridized carbons (Fsp3) is 0.167. The standard InChI is InChI=1S/C12H7F3N2O2/c13-12(14,15)11-16-4-3-8(17-11)7-1-2-9-10(5-7)19-6-18-9/h1-5H,6H2. The van der Waals surface area contributed by atoms with E-state index >= 15 is 0 Å². The van der Waals surface area contributed by atoms with Crippen LogP contribution in [0, 0.1) is 0 Å². The molecule has 3 rings (SSSR count). The van der Waals surface area contributed by atoms with E-state index in [9.17, 15) is 13.2 Å². The maximum absolute atomic E-state index is 12.5. The number of hydrogen-bond acceptors (Lipinski definition) is 4. The van der Waals surface area contributed by atoms with Crippen molar-refractivity contribution >= 4 is 0 Å². The normalized spacial score (nSPS) is 13.6. The van der Waals surface area contributed by atoms with Gasteiger partial charge in [0, 0.05) is 11.8 Å². The molecule has 98 valence electrons. The molecule has 1 aliphatic heterocycles. The number of halogens is 3. The zero-order valence-corrected chi connectivity index (χ0v) is 9.44. The van der Waals surface area contributed by atoms with Gasteiger partial charge in [0.25, 0.3) is 0 Å². The van der Waals surface area contributed by atoms with Crippen LogP contribution in [-0.4, -0.2) is 16.8 Å². The van der Waals surface area contributed by atoms with Crippen LogP contribution in [0.1, 0.15) is 5.82 Å². The molecule has 0 radical (unpaired) electrons. The summed E-state index contributed by atoms with van der Waals surface area (Å²) in [5.74, 6) is -0.110. The van der Waals surface area contributed by atoms with Crippen molar-refractivity contribution in [2.45, 2.75) is 6.18 Å². The Morgan fingerprint density at radius 3 is 2.63 bits per heavy atom. The summed E-state index contributed by atoms with van der Waals surface area (Å²) in [5, 5.41) is 0. The molecule has 2 aromatic rings. The monoisotopic (exact) mass is 268 g/mol. The third-order valence-corrected chi connectivity index (χ3v) is 2.58. The summed E-state index contributed by atoms with van der Waals surface area (Å²) in [4.78, 5) is 6.72. The topological polar surface area (TPSA) is 44.2 Å². The first-order chi connectivity index (χ1) is 9.04. The Morgan fingerprint density at radius 2 is 1.84 bits per heavy atom. The van der Waals surface area contributed by atoms with E-state index in [0.717, 1.165) is 6.20 Å². The molecule has 4 nitrogen and oxygen atoms in total. The van der Waals surface area contributed by atoms with Crippen LogP contribution in [0.2, 0.25) is 0 Å². The van der Waals surface area contributed by atoms with E-state index in [-0.39, 0.29) is 12.5 Å². The molecule has 0 saturated carbocycles. The summed E-state index contributed by atoms with van der Waals surface area (Å²) < 4.78 is 47.9. The van der Waals surface area contributed by atoms with Gasteiger partial charge >= 0.3 is 6.18 Å². The van der Waals surface area contributed by atoms with E-state index in [1.54, 1.807) is 18.2 Å². The Kier molecular flexibility index (Phi) is 2.55. The first-order valence-corrected chi connectivity index (χ1v) is 5.34. The molecule has 0 atom stereocenters. The molecule has 0 fully saturated rings. The van der Waals surface area contributed by atoms with Crippen LogP contribution in [0.3, 0.4) is 0 Å². The van der Waals surface area contributed by atoms with Crippen molar-refractivity contribution in [2.75, 3.05) is 6.79 Å². The van der Waals surface area contributed by atoms with E-state index in [0.29, 0.717) is 17.1 Å². The van der Waals surface area contributed by atoms with Crippen molar-refractivity contribution in [2.24, 2.45) is 0 Å². The Bertz CT molecular complexity index is 629. The Balaban J connectivity index is 2.03. The molecule has 0 amide bonds. The Labute approximate surface area is 105 Å². The maximum Gasteiger partial charge on any atom is 0.451 e. The van der Waals surface area contributed by atoms with Crippen molar-refractivity contribution in [3.63, 3.8) is 0 Å². The van der Waals surface area contributed by atoms with Crippen LogP contribution in [-0.2, 0) is 6.18 Å². The van der Waals surface area contributed by atoms with Crippen molar-refractivity contribution in [1.29, 1.82) is 0 Å². The largest absolute Gasteiger partial charge is 0.454 e. The van der Waals surface area contributed by atoms with Gasteiger partial charge in [0.05, 0.1) is 5.69 Å². The Morgan fingerprint density at radius 1 is 1.05 bits per heavy atom. The average Bonchev–Trinajstić information content (AvgIpc) is 2.85. The summed E-state index contributed by atoms with van der Waals surface area (Å²) in [5.41, 5.74) is 0.692. The molecule has 0 aliphatic carbocycles. The lowest BCUT2D eigenvalue weighted by atomic mass is 10.1. The van der Waals surface area contributed by atoms with Gasteiger partial charge in [-0.25, -0.2) is 9.97 Å². The van der Waals surface area contributed by atoms with Crippen LogP contribution >= 0.6 is 0 Å². The summed E-state index contributed by atoms with van der Waals surface area (Å²) in [6.45, 7) is 0.108. The van der Waals surface area contributed by atoms with Crippen molar-refractivity contribution in [1.82, 2.24) is 9.97 Å². The lowest BCUT2D eigenvalue weighted by Gasteiger charge is -2.07.